The van der Waals surface area contributed by atoms with E-state index in [-0.39, 0.29) is 17.9 Å². The first-order chi connectivity index (χ1) is 13.1. The van der Waals surface area contributed by atoms with Gasteiger partial charge in [0.2, 0.25) is 11.8 Å². The minimum absolute atomic E-state index is 0.0573. The summed E-state index contributed by atoms with van der Waals surface area (Å²) in [6.07, 6.45) is 3.54. The number of carbonyl (C=O) groups excluding carboxylic acids is 2. The van der Waals surface area contributed by atoms with Gasteiger partial charge in [0.25, 0.3) is 0 Å². The molecule has 3 heterocycles. The van der Waals surface area contributed by atoms with Gasteiger partial charge in [-0.15, -0.1) is 0 Å². The Hall–Kier alpha value is -1.18. The topological polar surface area (TPSA) is 50.3 Å². The fraction of sp³-hybridized carbons (Fsp3) is 0.900. The molecule has 154 valence electrons. The van der Waals surface area contributed by atoms with Crippen molar-refractivity contribution in [3.8, 4) is 0 Å². The van der Waals surface area contributed by atoms with Crippen LogP contribution in [0.2, 0.25) is 0 Å². The first-order valence-electron chi connectivity index (χ1n) is 10.8. The van der Waals surface area contributed by atoms with E-state index in [9.17, 15) is 9.59 Å². The van der Waals surface area contributed by atoms with Crippen molar-refractivity contribution >= 4 is 11.8 Å². The number of carbonyl (C=O) groups is 2. The van der Waals surface area contributed by atoms with Crippen LogP contribution >= 0.6 is 0 Å². The van der Waals surface area contributed by atoms with E-state index in [0.29, 0.717) is 6.54 Å². The van der Waals surface area contributed by atoms with Gasteiger partial charge in [-0.3, -0.25) is 19.4 Å². The van der Waals surface area contributed by atoms with Crippen molar-refractivity contribution in [1.29, 1.82) is 0 Å². The quantitative estimate of drug-likeness (QED) is 0.682. The van der Waals surface area contributed by atoms with E-state index in [1.807, 2.05) is 16.7 Å². The third-order valence-electron chi connectivity index (χ3n) is 6.51. The monoisotopic (exact) mass is 379 g/mol. The standard InChI is InChI=1S/C20H37N5O2/c1-3-21-9-15-25(16-10-21)20(27)18(2)23-13-11-22(12-14-23)17-19(26)24-7-5-4-6-8-24/h18H,3-17H2,1-2H3. The van der Waals surface area contributed by atoms with Gasteiger partial charge in [-0.25, -0.2) is 0 Å². The Bertz CT molecular complexity index is 493. The molecule has 0 radical (unpaired) electrons. The Balaban J connectivity index is 1.40. The van der Waals surface area contributed by atoms with Crippen LogP contribution in [0.25, 0.3) is 0 Å². The van der Waals surface area contributed by atoms with E-state index in [2.05, 4.69) is 21.6 Å². The molecule has 3 aliphatic heterocycles. The average molecular weight is 380 g/mol. The third-order valence-corrected chi connectivity index (χ3v) is 6.51. The molecule has 2 amide bonds. The van der Waals surface area contributed by atoms with Crippen LogP contribution in [0.5, 0.6) is 0 Å². The van der Waals surface area contributed by atoms with Crippen molar-refractivity contribution in [1.82, 2.24) is 24.5 Å². The highest BCUT2D eigenvalue weighted by Gasteiger charge is 2.31. The van der Waals surface area contributed by atoms with Gasteiger partial charge in [-0.2, -0.15) is 0 Å². The molecular weight excluding hydrogens is 342 g/mol. The van der Waals surface area contributed by atoms with E-state index in [0.717, 1.165) is 84.8 Å². The number of piperidine rings is 1. The molecule has 3 saturated heterocycles. The SMILES string of the molecule is CCN1CCN(C(=O)C(C)N2CCN(CC(=O)N3CCCCC3)CC2)CC1. The molecule has 7 nitrogen and oxygen atoms in total. The summed E-state index contributed by atoms with van der Waals surface area (Å²) < 4.78 is 0. The summed E-state index contributed by atoms with van der Waals surface area (Å²) in [4.78, 5) is 36.3. The first-order valence-corrected chi connectivity index (χ1v) is 10.8. The predicted molar refractivity (Wildman–Crippen MR) is 107 cm³/mol. The van der Waals surface area contributed by atoms with Crippen LogP contribution in [0.4, 0.5) is 0 Å². The van der Waals surface area contributed by atoms with E-state index in [1.165, 1.54) is 6.42 Å². The van der Waals surface area contributed by atoms with Crippen molar-refractivity contribution in [2.24, 2.45) is 0 Å². The van der Waals surface area contributed by atoms with Crippen molar-refractivity contribution in [2.75, 3.05) is 78.5 Å². The van der Waals surface area contributed by atoms with Crippen LogP contribution in [0, 0.1) is 0 Å². The van der Waals surface area contributed by atoms with Crippen molar-refractivity contribution in [3.63, 3.8) is 0 Å². The van der Waals surface area contributed by atoms with E-state index in [1.54, 1.807) is 0 Å². The number of amides is 2. The second-order valence-electron chi connectivity index (χ2n) is 8.19. The number of likely N-dealkylation sites (N-methyl/N-ethyl adjacent to an activating group) is 1. The molecule has 0 saturated carbocycles. The first kappa shape index (κ1) is 20.6. The Morgan fingerprint density at radius 2 is 1.33 bits per heavy atom. The fourth-order valence-electron chi connectivity index (χ4n) is 4.45. The maximum atomic E-state index is 12.8. The lowest BCUT2D eigenvalue weighted by molar-refractivity contribution is -0.140. The molecule has 3 rings (SSSR count). The maximum Gasteiger partial charge on any atom is 0.239 e. The predicted octanol–water partition coefficient (Wildman–Crippen LogP) is 0.169. The van der Waals surface area contributed by atoms with Gasteiger partial charge < -0.3 is 14.7 Å². The molecule has 0 aliphatic carbocycles. The lowest BCUT2D eigenvalue weighted by atomic mass is 10.1. The number of hydrogen-bond donors (Lipinski definition) is 0. The van der Waals surface area contributed by atoms with Crippen LogP contribution < -0.4 is 0 Å². The summed E-state index contributed by atoms with van der Waals surface area (Å²) in [5.74, 6) is 0.546. The molecule has 7 heteroatoms. The molecule has 27 heavy (non-hydrogen) atoms. The Morgan fingerprint density at radius 1 is 0.741 bits per heavy atom. The molecule has 0 aromatic rings. The summed E-state index contributed by atoms with van der Waals surface area (Å²) in [6.45, 7) is 14.8. The van der Waals surface area contributed by atoms with Crippen LogP contribution in [-0.2, 0) is 9.59 Å². The third kappa shape index (κ3) is 5.42. The fourth-order valence-corrected chi connectivity index (χ4v) is 4.45. The number of hydrogen-bond acceptors (Lipinski definition) is 5. The normalized spacial score (nSPS) is 24.8. The molecule has 0 aromatic carbocycles. The summed E-state index contributed by atoms with van der Waals surface area (Å²) >= 11 is 0. The van der Waals surface area contributed by atoms with Crippen LogP contribution in [-0.4, -0.2) is 121 Å². The van der Waals surface area contributed by atoms with E-state index >= 15 is 0 Å². The van der Waals surface area contributed by atoms with Crippen LogP contribution in [0.15, 0.2) is 0 Å². The summed E-state index contributed by atoms with van der Waals surface area (Å²) in [7, 11) is 0. The van der Waals surface area contributed by atoms with Crippen molar-refractivity contribution < 1.29 is 9.59 Å². The zero-order valence-corrected chi connectivity index (χ0v) is 17.2. The van der Waals surface area contributed by atoms with Gasteiger partial charge in [0.1, 0.15) is 0 Å². The highest BCUT2D eigenvalue weighted by Crippen LogP contribution is 2.13. The summed E-state index contributed by atoms with van der Waals surface area (Å²) in [6, 6.07) is -0.0573. The van der Waals surface area contributed by atoms with Crippen molar-refractivity contribution in [2.45, 2.75) is 39.2 Å². The van der Waals surface area contributed by atoms with Crippen molar-refractivity contribution in [3.05, 3.63) is 0 Å². The zero-order valence-electron chi connectivity index (χ0n) is 17.2. The largest absolute Gasteiger partial charge is 0.342 e. The van der Waals surface area contributed by atoms with Gasteiger partial charge >= 0.3 is 0 Å². The van der Waals surface area contributed by atoms with Crippen LogP contribution in [0.3, 0.4) is 0 Å². The second kappa shape index (κ2) is 9.85. The Morgan fingerprint density at radius 3 is 1.93 bits per heavy atom. The molecule has 3 aliphatic rings. The summed E-state index contributed by atoms with van der Waals surface area (Å²) in [5, 5.41) is 0. The second-order valence-corrected chi connectivity index (χ2v) is 8.19. The van der Waals surface area contributed by atoms with Gasteiger partial charge in [0, 0.05) is 65.4 Å². The van der Waals surface area contributed by atoms with Gasteiger partial charge in [0.15, 0.2) is 0 Å². The molecule has 1 atom stereocenters. The van der Waals surface area contributed by atoms with Gasteiger partial charge in [0.05, 0.1) is 12.6 Å². The van der Waals surface area contributed by atoms with E-state index < -0.39 is 0 Å². The Kier molecular flexibility index (Phi) is 7.49. The lowest BCUT2D eigenvalue weighted by Gasteiger charge is -2.41. The molecule has 3 fully saturated rings. The smallest absolute Gasteiger partial charge is 0.239 e. The molecule has 0 aromatic heterocycles. The average Bonchev–Trinajstić information content (AvgIpc) is 2.74. The molecule has 1 unspecified atom stereocenters. The van der Waals surface area contributed by atoms with Crippen LogP contribution in [0.1, 0.15) is 33.1 Å². The maximum absolute atomic E-state index is 12.8. The van der Waals surface area contributed by atoms with E-state index in [4.69, 9.17) is 0 Å². The molecule has 0 bridgehead atoms. The van der Waals surface area contributed by atoms with Gasteiger partial charge in [-0.1, -0.05) is 6.92 Å². The minimum Gasteiger partial charge on any atom is -0.342 e. The summed E-state index contributed by atoms with van der Waals surface area (Å²) in [5.41, 5.74) is 0. The molecule has 0 N–H and O–H groups in total. The number of piperazine rings is 2. The lowest BCUT2D eigenvalue weighted by Crippen LogP contribution is -2.58. The number of rotatable bonds is 5. The minimum atomic E-state index is -0.0573. The Labute approximate surface area is 164 Å². The zero-order chi connectivity index (χ0) is 19.2. The number of nitrogens with zero attached hydrogens (tertiary/aromatic N) is 5. The highest BCUT2D eigenvalue weighted by atomic mass is 16.2. The molecular formula is C20H37N5O2. The highest BCUT2D eigenvalue weighted by molar-refractivity contribution is 5.81. The van der Waals surface area contributed by atoms with Gasteiger partial charge in [-0.05, 0) is 32.7 Å². The number of likely N-dealkylation sites (tertiary alicyclic amines) is 1. The molecule has 0 spiro atoms.